The fourth-order valence-electron chi connectivity index (χ4n) is 4.00. The molecule has 31 heavy (non-hydrogen) atoms. The van der Waals surface area contributed by atoms with Crippen molar-refractivity contribution in [2.75, 3.05) is 11.4 Å². The number of nitrogens with zero attached hydrogens (tertiary/aromatic N) is 4. The molecular formula is C23H24N4O4. The molecule has 3 heterocycles. The Kier molecular flexibility index (Phi) is 5.00. The van der Waals surface area contributed by atoms with Crippen LogP contribution in [0.2, 0.25) is 0 Å². The van der Waals surface area contributed by atoms with Crippen LogP contribution in [0.5, 0.6) is 0 Å². The van der Waals surface area contributed by atoms with Gasteiger partial charge in [-0.05, 0) is 52.8 Å². The Hall–Kier alpha value is -3.68. The van der Waals surface area contributed by atoms with Gasteiger partial charge in [0.15, 0.2) is 11.6 Å². The summed E-state index contributed by atoms with van der Waals surface area (Å²) in [5, 5.41) is 4.02. The first kappa shape index (κ1) is 20.6. The average molecular weight is 420 g/mol. The van der Waals surface area contributed by atoms with Gasteiger partial charge in [-0.25, -0.2) is 4.79 Å². The monoisotopic (exact) mass is 420 g/mol. The largest absolute Gasteiger partial charge is 0.360 e. The van der Waals surface area contributed by atoms with Crippen LogP contribution < -0.4 is 4.90 Å². The minimum Gasteiger partial charge on any atom is -0.360 e. The molecule has 0 radical (unpaired) electrons. The highest BCUT2D eigenvalue weighted by Gasteiger charge is 2.44. The van der Waals surface area contributed by atoms with Crippen LogP contribution in [0.1, 0.15) is 40.0 Å². The molecule has 0 bridgehead atoms. The van der Waals surface area contributed by atoms with Crippen molar-refractivity contribution in [1.82, 2.24) is 14.6 Å². The van der Waals surface area contributed by atoms with Crippen molar-refractivity contribution in [3.8, 4) is 5.82 Å². The fourth-order valence-corrected chi connectivity index (χ4v) is 4.00. The van der Waals surface area contributed by atoms with Crippen molar-refractivity contribution in [2.45, 2.75) is 40.7 Å². The summed E-state index contributed by atoms with van der Waals surface area (Å²) in [6.07, 6.45) is 0. The summed E-state index contributed by atoms with van der Waals surface area (Å²) in [5.41, 5.74) is 3.62. The zero-order valence-corrected chi connectivity index (χ0v) is 18.2. The Morgan fingerprint density at radius 3 is 2.35 bits per heavy atom. The number of carbonyl (C=O) groups is 3. The van der Waals surface area contributed by atoms with Gasteiger partial charge in [-0.1, -0.05) is 22.9 Å². The molecule has 2 aromatic heterocycles. The Morgan fingerprint density at radius 1 is 1.06 bits per heavy atom. The summed E-state index contributed by atoms with van der Waals surface area (Å²) in [5.74, 6) is 0.548. The van der Waals surface area contributed by atoms with Crippen molar-refractivity contribution in [3.63, 3.8) is 0 Å². The molecule has 1 fully saturated rings. The maximum atomic E-state index is 13.1. The number of benzene rings is 1. The number of ketones is 1. The molecule has 0 N–H and O–H groups in total. The number of aromatic nitrogens is 2. The maximum Gasteiger partial charge on any atom is 0.332 e. The van der Waals surface area contributed by atoms with Gasteiger partial charge in [-0.2, -0.15) is 0 Å². The fraction of sp³-hybridized carbons (Fsp3) is 0.304. The molecule has 0 unspecified atom stereocenters. The summed E-state index contributed by atoms with van der Waals surface area (Å²) < 4.78 is 6.97. The van der Waals surface area contributed by atoms with E-state index in [4.69, 9.17) is 4.52 Å². The second kappa shape index (κ2) is 7.54. The zero-order chi connectivity index (χ0) is 22.4. The van der Waals surface area contributed by atoms with E-state index in [1.54, 1.807) is 45.0 Å². The van der Waals surface area contributed by atoms with Crippen LogP contribution in [0.25, 0.3) is 5.82 Å². The third kappa shape index (κ3) is 3.43. The molecule has 0 aliphatic carbocycles. The van der Waals surface area contributed by atoms with Crippen LogP contribution in [0.4, 0.5) is 10.5 Å². The molecule has 0 spiro atoms. The Labute approximate surface area is 180 Å². The van der Waals surface area contributed by atoms with Gasteiger partial charge >= 0.3 is 6.03 Å². The molecule has 4 rings (SSSR count). The third-order valence-electron chi connectivity index (χ3n) is 5.64. The maximum absolute atomic E-state index is 13.1. The molecule has 160 valence electrons. The lowest BCUT2D eigenvalue weighted by molar-refractivity contribution is -0.126. The average Bonchev–Trinajstić information content (AvgIpc) is 3.34. The number of anilines is 1. The number of carbonyl (C=O) groups excluding carboxylic acids is 3. The van der Waals surface area contributed by atoms with Crippen LogP contribution in [-0.2, 0) is 4.79 Å². The molecule has 1 saturated heterocycles. The summed E-state index contributed by atoms with van der Waals surface area (Å²) >= 11 is 0. The van der Waals surface area contributed by atoms with Gasteiger partial charge in [0.05, 0.1) is 6.54 Å². The van der Waals surface area contributed by atoms with E-state index in [1.165, 1.54) is 4.90 Å². The van der Waals surface area contributed by atoms with E-state index in [0.717, 1.165) is 16.2 Å². The smallest absolute Gasteiger partial charge is 0.332 e. The lowest BCUT2D eigenvalue weighted by atomic mass is 10.1. The lowest BCUT2D eigenvalue weighted by Gasteiger charge is -2.19. The van der Waals surface area contributed by atoms with Gasteiger partial charge < -0.3 is 4.52 Å². The third-order valence-corrected chi connectivity index (χ3v) is 5.64. The number of aryl methyl sites for hydroxylation is 3. The first-order chi connectivity index (χ1) is 14.7. The summed E-state index contributed by atoms with van der Waals surface area (Å²) in [7, 11) is 0. The van der Waals surface area contributed by atoms with E-state index in [-0.39, 0.29) is 18.2 Å². The highest BCUT2D eigenvalue weighted by molar-refractivity contribution is 6.16. The molecule has 1 aliphatic heterocycles. The molecule has 3 aromatic rings. The van der Waals surface area contributed by atoms with E-state index in [0.29, 0.717) is 28.5 Å². The van der Waals surface area contributed by atoms with Gasteiger partial charge in [-0.15, -0.1) is 0 Å². The molecule has 0 saturated carbocycles. The quantitative estimate of drug-likeness (QED) is 0.463. The minimum atomic E-state index is -0.673. The number of hydrogen-bond donors (Lipinski definition) is 0. The van der Waals surface area contributed by atoms with E-state index < -0.39 is 12.1 Å². The summed E-state index contributed by atoms with van der Waals surface area (Å²) in [6.45, 7) is 8.77. The van der Waals surface area contributed by atoms with Crippen molar-refractivity contribution in [2.24, 2.45) is 0 Å². The topological polar surface area (TPSA) is 88.7 Å². The normalized spacial score (nSPS) is 16.5. The Balaban J connectivity index is 1.59. The predicted octanol–water partition coefficient (Wildman–Crippen LogP) is 3.74. The van der Waals surface area contributed by atoms with Crippen LogP contribution in [0.15, 0.2) is 40.9 Å². The molecule has 3 amide bonds. The second-order valence-electron chi connectivity index (χ2n) is 7.93. The molecule has 1 atom stereocenters. The standard InChI is InChI=1S/C23H24N4O4/c1-13-6-8-18(9-7-13)27-17(5)22(29)25(23(27)30)12-20(28)19-10-14(2)26(16(19)4)21-11-15(3)31-24-21/h6-11,17H,12H2,1-5H3/t17-/m1/s1. The van der Waals surface area contributed by atoms with E-state index in [1.807, 2.05) is 30.5 Å². The highest BCUT2D eigenvalue weighted by atomic mass is 16.5. The molecule has 1 aliphatic rings. The van der Waals surface area contributed by atoms with Gasteiger partial charge in [0.25, 0.3) is 5.91 Å². The Morgan fingerprint density at radius 2 is 1.74 bits per heavy atom. The number of Topliss-reactive ketones (excluding diaryl/α,β-unsaturated/α-hetero) is 1. The van der Waals surface area contributed by atoms with Crippen molar-refractivity contribution >= 4 is 23.4 Å². The van der Waals surface area contributed by atoms with E-state index >= 15 is 0 Å². The predicted molar refractivity (Wildman–Crippen MR) is 115 cm³/mol. The number of hydrogen-bond acceptors (Lipinski definition) is 5. The molecule has 1 aromatic carbocycles. The second-order valence-corrected chi connectivity index (χ2v) is 7.93. The number of urea groups is 1. The van der Waals surface area contributed by atoms with Crippen LogP contribution >= 0.6 is 0 Å². The van der Waals surface area contributed by atoms with Gasteiger partial charge in [0.2, 0.25) is 0 Å². The lowest BCUT2D eigenvalue weighted by Crippen LogP contribution is -2.37. The van der Waals surface area contributed by atoms with Crippen molar-refractivity contribution in [3.05, 3.63) is 64.7 Å². The SMILES string of the molecule is Cc1ccc(N2C(=O)N(CC(=O)c3cc(C)n(-c4cc(C)on4)c3C)C(=O)[C@H]2C)cc1. The van der Waals surface area contributed by atoms with Crippen molar-refractivity contribution < 1.29 is 18.9 Å². The molecule has 8 heteroatoms. The minimum absolute atomic E-state index is 0.306. The first-order valence-electron chi connectivity index (χ1n) is 10.1. The highest BCUT2D eigenvalue weighted by Crippen LogP contribution is 2.27. The van der Waals surface area contributed by atoms with Gasteiger partial charge in [0.1, 0.15) is 11.8 Å². The number of imide groups is 1. The first-order valence-corrected chi connectivity index (χ1v) is 10.1. The Bertz CT molecular complexity index is 1190. The van der Waals surface area contributed by atoms with Gasteiger partial charge in [0, 0.05) is 28.7 Å². The zero-order valence-electron chi connectivity index (χ0n) is 18.2. The van der Waals surface area contributed by atoms with Crippen LogP contribution in [0, 0.1) is 27.7 Å². The van der Waals surface area contributed by atoms with E-state index in [2.05, 4.69) is 5.16 Å². The van der Waals surface area contributed by atoms with Crippen LogP contribution in [0.3, 0.4) is 0 Å². The van der Waals surface area contributed by atoms with Gasteiger partial charge in [-0.3, -0.25) is 24.0 Å². The summed E-state index contributed by atoms with van der Waals surface area (Å²) in [6, 6.07) is 9.73. The van der Waals surface area contributed by atoms with Crippen LogP contribution in [-0.4, -0.2) is 44.9 Å². The molecule has 8 nitrogen and oxygen atoms in total. The molecular weight excluding hydrogens is 396 g/mol. The van der Waals surface area contributed by atoms with E-state index in [9.17, 15) is 14.4 Å². The van der Waals surface area contributed by atoms with Crippen molar-refractivity contribution in [1.29, 1.82) is 0 Å². The summed E-state index contributed by atoms with van der Waals surface area (Å²) in [4.78, 5) is 41.4. The number of rotatable bonds is 5. The number of amides is 3.